The highest BCUT2D eigenvalue weighted by molar-refractivity contribution is 5.87. The Hall–Kier alpha value is -2.89. The molecule has 0 unspecified atom stereocenters. The Morgan fingerprint density at radius 1 is 1.27 bits per heavy atom. The predicted octanol–water partition coefficient (Wildman–Crippen LogP) is 2.74. The molecule has 0 radical (unpaired) electrons. The van der Waals surface area contributed by atoms with Crippen molar-refractivity contribution in [1.29, 1.82) is 0 Å². The smallest absolute Gasteiger partial charge is 0.355 e. The molecule has 2 aromatic heterocycles. The fraction of sp³-hybridized carbons (Fsp3) is 0.188. The summed E-state index contributed by atoms with van der Waals surface area (Å²) in [5.74, 6) is 0.326. The number of rotatable bonds is 4. The fourth-order valence-electron chi connectivity index (χ4n) is 2.12. The van der Waals surface area contributed by atoms with Crippen LogP contribution in [0.4, 0.5) is 0 Å². The van der Waals surface area contributed by atoms with Gasteiger partial charge in [-0.2, -0.15) is 4.98 Å². The van der Waals surface area contributed by atoms with E-state index in [9.17, 15) is 4.79 Å². The van der Waals surface area contributed by atoms with Gasteiger partial charge in [0.15, 0.2) is 6.61 Å². The average molecular weight is 297 g/mol. The second kappa shape index (κ2) is 5.85. The molecule has 0 amide bonds. The van der Waals surface area contributed by atoms with E-state index in [-0.39, 0.29) is 12.5 Å². The van der Waals surface area contributed by atoms with Crippen molar-refractivity contribution in [3.05, 3.63) is 59.7 Å². The summed E-state index contributed by atoms with van der Waals surface area (Å²) in [6.07, 6.45) is 1.78. The Kier molecular flexibility index (Phi) is 3.74. The highest BCUT2D eigenvalue weighted by atomic mass is 16.6. The van der Waals surface area contributed by atoms with Gasteiger partial charge >= 0.3 is 5.97 Å². The molecule has 0 aliphatic rings. The van der Waals surface area contributed by atoms with Gasteiger partial charge in [-0.05, 0) is 24.6 Å². The van der Waals surface area contributed by atoms with Gasteiger partial charge in [-0.3, -0.25) is 0 Å². The molecular formula is C16H15N3O3. The molecule has 6 nitrogen and oxygen atoms in total. The van der Waals surface area contributed by atoms with Gasteiger partial charge in [-0.1, -0.05) is 29.4 Å². The van der Waals surface area contributed by atoms with Crippen LogP contribution in [0, 0.1) is 6.92 Å². The quantitative estimate of drug-likeness (QED) is 0.692. The lowest BCUT2D eigenvalue weighted by molar-refractivity contribution is 0.0418. The van der Waals surface area contributed by atoms with E-state index in [0.717, 1.165) is 11.1 Å². The van der Waals surface area contributed by atoms with Crippen molar-refractivity contribution >= 4 is 5.97 Å². The van der Waals surface area contributed by atoms with E-state index in [0.29, 0.717) is 11.5 Å². The monoisotopic (exact) mass is 297 g/mol. The van der Waals surface area contributed by atoms with Crippen LogP contribution in [0.2, 0.25) is 0 Å². The molecule has 0 aliphatic heterocycles. The molecule has 6 heteroatoms. The third kappa shape index (κ3) is 2.76. The number of aryl methyl sites for hydroxylation is 2. The lowest BCUT2D eigenvalue weighted by Gasteiger charge is -2.02. The molecule has 112 valence electrons. The number of hydrogen-bond acceptors (Lipinski definition) is 5. The summed E-state index contributed by atoms with van der Waals surface area (Å²) < 4.78 is 12.0. The molecule has 0 atom stereocenters. The molecule has 0 N–H and O–H groups in total. The Morgan fingerprint density at radius 2 is 2.09 bits per heavy atom. The second-order valence-corrected chi connectivity index (χ2v) is 4.91. The SMILES string of the molecule is Cc1ccccc1-c1noc(COC(=O)c2cccn2C)n1. The average Bonchev–Trinajstić information content (AvgIpc) is 3.14. The Morgan fingerprint density at radius 3 is 2.82 bits per heavy atom. The highest BCUT2D eigenvalue weighted by Gasteiger charge is 2.14. The number of benzene rings is 1. The summed E-state index contributed by atoms with van der Waals surface area (Å²) in [4.78, 5) is 16.2. The third-order valence-electron chi connectivity index (χ3n) is 3.33. The summed E-state index contributed by atoms with van der Waals surface area (Å²) in [6.45, 7) is 1.92. The fourth-order valence-corrected chi connectivity index (χ4v) is 2.12. The van der Waals surface area contributed by atoms with Crippen molar-refractivity contribution in [2.75, 3.05) is 0 Å². The second-order valence-electron chi connectivity index (χ2n) is 4.91. The molecular weight excluding hydrogens is 282 g/mol. The van der Waals surface area contributed by atoms with E-state index < -0.39 is 5.97 Å². The normalized spacial score (nSPS) is 10.6. The lowest BCUT2D eigenvalue weighted by atomic mass is 10.1. The summed E-state index contributed by atoms with van der Waals surface area (Å²) in [6, 6.07) is 11.2. The Balaban J connectivity index is 1.69. The minimum absolute atomic E-state index is 0.0527. The number of ether oxygens (including phenoxy) is 1. The summed E-state index contributed by atoms with van der Waals surface area (Å²) in [7, 11) is 1.78. The third-order valence-corrected chi connectivity index (χ3v) is 3.33. The van der Waals surface area contributed by atoms with Crippen molar-refractivity contribution in [2.24, 2.45) is 7.05 Å². The molecule has 3 rings (SSSR count). The van der Waals surface area contributed by atoms with Gasteiger partial charge < -0.3 is 13.8 Å². The molecule has 0 fully saturated rings. The number of nitrogens with zero attached hydrogens (tertiary/aromatic N) is 3. The van der Waals surface area contributed by atoms with E-state index in [1.165, 1.54) is 0 Å². The van der Waals surface area contributed by atoms with Gasteiger partial charge in [0.25, 0.3) is 5.89 Å². The first-order valence-electron chi connectivity index (χ1n) is 6.82. The van der Waals surface area contributed by atoms with Crippen LogP contribution < -0.4 is 0 Å². The molecule has 0 saturated carbocycles. The molecule has 1 aromatic carbocycles. The van der Waals surface area contributed by atoms with Crippen LogP contribution in [0.25, 0.3) is 11.4 Å². The summed E-state index contributed by atoms with van der Waals surface area (Å²) >= 11 is 0. The van der Waals surface area contributed by atoms with Gasteiger partial charge in [0.2, 0.25) is 5.82 Å². The van der Waals surface area contributed by atoms with Crippen LogP contribution >= 0.6 is 0 Å². The minimum atomic E-state index is -0.428. The van der Waals surface area contributed by atoms with Gasteiger partial charge in [-0.15, -0.1) is 0 Å². The lowest BCUT2D eigenvalue weighted by Crippen LogP contribution is -2.09. The van der Waals surface area contributed by atoms with E-state index in [1.54, 1.807) is 29.9 Å². The van der Waals surface area contributed by atoms with E-state index in [2.05, 4.69) is 10.1 Å². The van der Waals surface area contributed by atoms with Crippen LogP contribution in [0.1, 0.15) is 21.9 Å². The molecule has 2 heterocycles. The highest BCUT2D eigenvalue weighted by Crippen LogP contribution is 2.20. The Labute approximate surface area is 127 Å². The molecule has 0 aliphatic carbocycles. The topological polar surface area (TPSA) is 70.2 Å². The van der Waals surface area contributed by atoms with Crippen molar-refractivity contribution in [3.8, 4) is 11.4 Å². The van der Waals surface area contributed by atoms with Crippen LogP contribution in [0.15, 0.2) is 47.1 Å². The summed E-state index contributed by atoms with van der Waals surface area (Å²) in [5, 5.41) is 3.92. The maximum absolute atomic E-state index is 11.9. The number of carbonyl (C=O) groups is 1. The first-order chi connectivity index (χ1) is 10.6. The first kappa shape index (κ1) is 14.1. The van der Waals surface area contributed by atoms with Gasteiger partial charge in [0.1, 0.15) is 5.69 Å². The van der Waals surface area contributed by atoms with E-state index in [1.807, 2.05) is 31.2 Å². The van der Waals surface area contributed by atoms with Crippen molar-refractivity contribution in [3.63, 3.8) is 0 Å². The molecule has 0 spiro atoms. The predicted molar refractivity (Wildman–Crippen MR) is 79.0 cm³/mol. The van der Waals surface area contributed by atoms with Gasteiger partial charge in [-0.25, -0.2) is 4.79 Å². The van der Waals surface area contributed by atoms with Crippen LogP contribution in [0.3, 0.4) is 0 Å². The van der Waals surface area contributed by atoms with Crippen molar-refractivity contribution in [1.82, 2.24) is 14.7 Å². The van der Waals surface area contributed by atoms with E-state index >= 15 is 0 Å². The number of aromatic nitrogens is 3. The number of hydrogen-bond donors (Lipinski definition) is 0. The van der Waals surface area contributed by atoms with Crippen molar-refractivity contribution in [2.45, 2.75) is 13.5 Å². The van der Waals surface area contributed by atoms with Gasteiger partial charge in [0.05, 0.1) is 0 Å². The van der Waals surface area contributed by atoms with Gasteiger partial charge in [0, 0.05) is 18.8 Å². The van der Waals surface area contributed by atoms with Crippen LogP contribution in [0.5, 0.6) is 0 Å². The largest absolute Gasteiger partial charge is 0.451 e. The number of esters is 1. The maximum atomic E-state index is 11.9. The standard InChI is InChI=1S/C16H15N3O3/c1-11-6-3-4-7-12(11)15-17-14(22-18-15)10-21-16(20)13-8-5-9-19(13)2/h3-9H,10H2,1-2H3. The Bertz CT molecular complexity index is 804. The van der Waals surface area contributed by atoms with Crippen molar-refractivity contribution < 1.29 is 14.1 Å². The molecule has 22 heavy (non-hydrogen) atoms. The summed E-state index contributed by atoms with van der Waals surface area (Å²) in [5.41, 5.74) is 2.42. The zero-order valence-electron chi connectivity index (χ0n) is 12.3. The molecule has 0 saturated heterocycles. The zero-order chi connectivity index (χ0) is 15.5. The minimum Gasteiger partial charge on any atom is -0.451 e. The maximum Gasteiger partial charge on any atom is 0.355 e. The first-order valence-corrected chi connectivity index (χ1v) is 6.82. The van der Waals surface area contributed by atoms with Crippen LogP contribution in [-0.2, 0) is 18.4 Å². The molecule has 3 aromatic rings. The number of carbonyl (C=O) groups excluding carboxylic acids is 1. The zero-order valence-corrected chi connectivity index (χ0v) is 12.3. The molecule has 0 bridgehead atoms. The van der Waals surface area contributed by atoms with E-state index in [4.69, 9.17) is 9.26 Å². The van der Waals surface area contributed by atoms with Crippen LogP contribution in [-0.4, -0.2) is 20.7 Å².